The highest BCUT2D eigenvalue weighted by atomic mass is 79.9. The molecule has 5 N–H and O–H groups in total. The lowest BCUT2D eigenvalue weighted by atomic mass is 10.0. The number of rotatable bonds is 4. The molecular weight excluding hydrogens is 284 g/mol. The van der Waals surface area contributed by atoms with Gasteiger partial charge >= 0.3 is 0 Å². The Bertz CT molecular complexity index is 434. The fourth-order valence-electron chi connectivity index (χ4n) is 1.41. The third-order valence-electron chi connectivity index (χ3n) is 2.57. The van der Waals surface area contributed by atoms with Crippen LogP contribution in [0.25, 0.3) is 0 Å². The van der Waals surface area contributed by atoms with Crippen LogP contribution < -0.4 is 16.8 Å². The molecule has 0 aliphatic rings. The Morgan fingerprint density at radius 1 is 1.53 bits per heavy atom. The van der Waals surface area contributed by atoms with Crippen LogP contribution >= 0.6 is 15.9 Å². The lowest BCUT2D eigenvalue weighted by Gasteiger charge is -2.21. The highest BCUT2D eigenvalue weighted by molar-refractivity contribution is 9.10. The van der Waals surface area contributed by atoms with Gasteiger partial charge < -0.3 is 16.8 Å². The first-order valence-corrected chi connectivity index (χ1v) is 6.10. The SMILES string of the molecule is Cc1c(N)cnc(NC(C(N)=O)C(C)C)c1Br. The van der Waals surface area contributed by atoms with E-state index in [4.69, 9.17) is 11.5 Å². The molecule has 94 valence electrons. The fourth-order valence-corrected chi connectivity index (χ4v) is 1.85. The number of nitrogens with one attached hydrogen (secondary N) is 1. The van der Waals surface area contributed by atoms with Gasteiger partial charge in [-0.3, -0.25) is 4.79 Å². The van der Waals surface area contributed by atoms with Gasteiger partial charge in [0, 0.05) is 0 Å². The zero-order valence-corrected chi connectivity index (χ0v) is 11.7. The van der Waals surface area contributed by atoms with Crippen molar-refractivity contribution < 1.29 is 4.79 Å². The highest BCUT2D eigenvalue weighted by Crippen LogP contribution is 2.28. The van der Waals surface area contributed by atoms with E-state index < -0.39 is 11.9 Å². The van der Waals surface area contributed by atoms with Crippen molar-refractivity contribution in [2.75, 3.05) is 11.1 Å². The zero-order chi connectivity index (χ0) is 13.2. The number of hydrogen-bond acceptors (Lipinski definition) is 4. The summed E-state index contributed by atoms with van der Waals surface area (Å²) in [6.45, 7) is 5.71. The number of aromatic nitrogens is 1. The molecule has 1 amide bonds. The van der Waals surface area contributed by atoms with E-state index in [1.54, 1.807) is 6.20 Å². The monoisotopic (exact) mass is 300 g/mol. The van der Waals surface area contributed by atoms with Crippen LogP contribution in [0.3, 0.4) is 0 Å². The fraction of sp³-hybridized carbons (Fsp3) is 0.455. The molecule has 0 aliphatic carbocycles. The van der Waals surface area contributed by atoms with E-state index in [0.29, 0.717) is 11.5 Å². The number of nitrogens with two attached hydrogens (primary N) is 2. The van der Waals surface area contributed by atoms with Crippen LogP contribution in [0.15, 0.2) is 10.7 Å². The maximum absolute atomic E-state index is 11.3. The van der Waals surface area contributed by atoms with Crippen molar-refractivity contribution in [1.82, 2.24) is 4.98 Å². The van der Waals surface area contributed by atoms with Crippen LogP contribution in [-0.2, 0) is 4.79 Å². The molecular formula is C11H17BrN4O. The molecule has 0 spiro atoms. The second-order valence-corrected chi connectivity index (χ2v) is 5.06. The van der Waals surface area contributed by atoms with Gasteiger partial charge in [-0.25, -0.2) is 4.98 Å². The normalized spacial score (nSPS) is 12.5. The number of nitrogen functional groups attached to an aromatic ring is 1. The van der Waals surface area contributed by atoms with Crippen molar-refractivity contribution in [2.45, 2.75) is 26.8 Å². The van der Waals surface area contributed by atoms with Gasteiger partial charge in [-0.15, -0.1) is 0 Å². The van der Waals surface area contributed by atoms with Crippen LogP contribution in [0.2, 0.25) is 0 Å². The largest absolute Gasteiger partial charge is 0.397 e. The van der Waals surface area contributed by atoms with Gasteiger partial charge in [0.1, 0.15) is 11.9 Å². The Morgan fingerprint density at radius 3 is 2.59 bits per heavy atom. The third-order valence-corrected chi connectivity index (χ3v) is 3.54. The molecule has 1 rings (SSSR count). The van der Waals surface area contributed by atoms with E-state index in [-0.39, 0.29) is 5.92 Å². The van der Waals surface area contributed by atoms with Crippen LogP contribution in [0.4, 0.5) is 11.5 Å². The smallest absolute Gasteiger partial charge is 0.240 e. The Labute approximate surface area is 109 Å². The van der Waals surface area contributed by atoms with Gasteiger partial charge in [0.2, 0.25) is 5.91 Å². The van der Waals surface area contributed by atoms with E-state index >= 15 is 0 Å². The number of nitrogens with zero attached hydrogens (tertiary/aromatic N) is 1. The number of carbonyl (C=O) groups is 1. The predicted octanol–water partition coefficient (Wildman–Crippen LogP) is 1.66. The molecule has 1 aromatic heterocycles. The number of primary amides is 1. The molecule has 0 saturated heterocycles. The molecule has 0 aliphatic heterocycles. The molecule has 1 aromatic rings. The molecule has 0 fully saturated rings. The Hall–Kier alpha value is -1.30. The van der Waals surface area contributed by atoms with E-state index in [1.807, 2.05) is 20.8 Å². The van der Waals surface area contributed by atoms with E-state index in [1.165, 1.54) is 0 Å². The minimum absolute atomic E-state index is 0.0825. The first kappa shape index (κ1) is 13.8. The average molecular weight is 301 g/mol. The summed E-state index contributed by atoms with van der Waals surface area (Å²) in [5, 5.41) is 3.03. The quantitative estimate of drug-likeness (QED) is 0.788. The van der Waals surface area contributed by atoms with Crippen LogP contribution in [0, 0.1) is 12.8 Å². The molecule has 1 unspecified atom stereocenters. The number of pyridine rings is 1. The topological polar surface area (TPSA) is 94.0 Å². The minimum Gasteiger partial charge on any atom is -0.397 e. The van der Waals surface area contributed by atoms with Crippen molar-refractivity contribution in [3.05, 3.63) is 16.2 Å². The summed E-state index contributed by atoms with van der Waals surface area (Å²) < 4.78 is 0.754. The molecule has 0 aromatic carbocycles. The van der Waals surface area contributed by atoms with Crippen LogP contribution in [0.1, 0.15) is 19.4 Å². The predicted molar refractivity (Wildman–Crippen MR) is 72.5 cm³/mol. The van der Waals surface area contributed by atoms with Gasteiger partial charge in [-0.2, -0.15) is 0 Å². The third kappa shape index (κ3) is 3.09. The zero-order valence-electron chi connectivity index (χ0n) is 10.1. The van der Waals surface area contributed by atoms with E-state index in [2.05, 4.69) is 26.2 Å². The van der Waals surface area contributed by atoms with E-state index in [0.717, 1.165) is 10.0 Å². The van der Waals surface area contributed by atoms with Crippen LogP contribution in [-0.4, -0.2) is 16.9 Å². The highest BCUT2D eigenvalue weighted by Gasteiger charge is 2.21. The molecule has 1 heterocycles. The van der Waals surface area contributed by atoms with Crippen molar-refractivity contribution >= 4 is 33.3 Å². The Balaban J connectivity index is 3.02. The Morgan fingerprint density at radius 2 is 2.12 bits per heavy atom. The lowest BCUT2D eigenvalue weighted by Crippen LogP contribution is -2.39. The maximum atomic E-state index is 11.3. The number of anilines is 2. The molecule has 0 bridgehead atoms. The van der Waals surface area contributed by atoms with E-state index in [9.17, 15) is 4.79 Å². The molecule has 1 atom stereocenters. The summed E-state index contributed by atoms with van der Waals surface area (Å²) in [5.41, 5.74) is 12.5. The number of amides is 1. The van der Waals surface area contributed by atoms with Gasteiger partial charge in [-0.1, -0.05) is 13.8 Å². The first-order chi connectivity index (χ1) is 7.84. The molecule has 5 nitrogen and oxygen atoms in total. The van der Waals surface area contributed by atoms with Gasteiger partial charge in [0.05, 0.1) is 16.4 Å². The van der Waals surface area contributed by atoms with Crippen molar-refractivity contribution in [1.29, 1.82) is 0 Å². The van der Waals surface area contributed by atoms with Crippen LogP contribution in [0.5, 0.6) is 0 Å². The van der Waals surface area contributed by atoms with Crippen molar-refractivity contribution in [3.63, 3.8) is 0 Å². The summed E-state index contributed by atoms with van der Waals surface area (Å²) in [6, 6.07) is -0.457. The summed E-state index contributed by atoms with van der Waals surface area (Å²) in [6.07, 6.45) is 1.56. The molecule has 6 heteroatoms. The number of carbonyl (C=O) groups excluding carboxylic acids is 1. The summed E-state index contributed by atoms with van der Waals surface area (Å²) >= 11 is 3.40. The number of halogens is 1. The van der Waals surface area contributed by atoms with Crippen molar-refractivity contribution in [3.8, 4) is 0 Å². The standard InChI is InChI=1S/C11H17BrN4O/c1-5(2)9(10(14)17)16-11-8(12)6(3)7(13)4-15-11/h4-5,9H,13H2,1-3H3,(H2,14,17)(H,15,16). The van der Waals surface area contributed by atoms with Gasteiger partial charge in [0.15, 0.2) is 0 Å². The minimum atomic E-state index is -0.457. The summed E-state index contributed by atoms with van der Waals surface area (Å²) in [7, 11) is 0. The van der Waals surface area contributed by atoms with Gasteiger partial charge in [-0.05, 0) is 34.3 Å². The summed E-state index contributed by atoms with van der Waals surface area (Å²) in [4.78, 5) is 15.5. The average Bonchev–Trinajstić information content (AvgIpc) is 2.24. The lowest BCUT2D eigenvalue weighted by molar-refractivity contribution is -0.119. The molecule has 17 heavy (non-hydrogen) atoms. The Kier molecular flexibility index (Phi) is 4.34. The summed E-state index contributed by atoms with van der Waals surface area (Å²) in [5.74, 6) is 0.261. The second-order valence-electron chi connectivity index (χ2n) is 4.27. The van der Waals surface area contributed by atoms with Crippen molar-refractivity contribution in [2.24, 2.45) is 11.7 Å². The number of hydrogen-bond donors (Lipinski definition) is 3. The second kappa shape index (κ2) is 5.35. The van der Waals surface area contributed by atoms with Gasteiger partial charge in [0.25, 0.3) is 0 Å². The molecule has 0 radical (unpaired) electrons. The molecule has 0 saturated carbocycles. The maximum Gasteiger partial charge on any atom is 0.240 e. The first-order valence-electron chi connectivity index (χ1n) is 5.31.